The number of hydrogen-bond acceptors (Lipinski definition) is 5. The second kappa shape index (κ2) is 8.05. The van der Waals surface area contributed by atoms with Crippen molar-refractivity contribution in [1.82, 2.24) is 15.1 Å². The molecule has 27 heavy (non-hydrogen) atoms. The van der Waals surface area contributed by atoms with Crippen molar-refractivity contribution < 1.29 is 9.21 Å². The Kier molecular flexibility index (Phi) is 5.53. The number of amides is 1. The van der Waals surface area contributed by atoms with E-state index in [1.165, 1.54) is 55.0 Å². The van der Waals surface area contributed by atoms with Crippen LogP contribution in [0.15, 0.2) is 27.8 Å². The van der Waals surface area contributed by atoms with Crippen LogP contribution < -0.4 is 0 Å². The van der Waals surface area contributed by atoms with E-state index in [1.54, 1.807) is 0 Å². The Balaban J connectivity index is 1.38. The number of thioether (sulfide) groups is 1. The van der Waals surface area contributed by atoms with E-state index in [9.17, 15) is 4.79 Å². The third-order valence-corrected chi connectivity index (χ3v) is 6.85. The van der Waals surface area contributed by atoms with Crippen molar-refractivity contribution in [2.45, 2.75) is 63.6 Å². The maximum Gasteiger partial charge on any atom is 0.277 e. The smallest absolute Gasteiger partial charge is 0.277 e. The predicted octanol–water partition coefficient (Wildman–Crippen LogP) is 4.63. The van der Waals surface area contributed by atoms with Crippen molar-refractivity contribution in [1.29, 1.82) is 0 Å². The SMILES string of the molecule is Cc1ccc(-c2nnc(SCC(=O)N3CCC[C@H]4CCCC[C@@H]43)o2)cc1C. The molecule has 4 rings (SSSR count). The summed E-state index contributed by atoms with van der Waals surface area (Å²) >= 11 is 1.35. The van der Waals surface area contributed by atoms with Crippen molar-refractivity contribution in [3.8, 4) is 11.5 Å². The third kappa shape index (κ3) is 4.05. The summed E-state index contributed by atoms with van der Waals surface area (Å²) in [5, 5.41) is 8.74. The molecule has 144 valence electrons. The molecule has 1 amide bonds. The van der Waals surface area contributed by atoms with Crippen LogP contribution in [0, 0.1) is 19.8 Å². The number of aromatic nitrogens is 2. The Labute approximate surface area is 164 Å². The fourth-order valence-corrected chi connectivity index (χ4v) is 5.05. The van der Waals surface area contributed by atoms with Crippen LogP contribution in [0.1, 0.15) is 49.7 Å². The van der Waals surface area contributed by atoms with Crippen molar-refractivity contribution in [2.75, 3.05) is 12.3 Å². The maximum absolute atomic E-state index is 12.8. The molecule has 0 unspecified atom stereocenters. The van der Waals surface area contributed by atoms with Crippen LogP contribution in [0.2, 0.25) is 0 Å². The minimum absolute atomic E-state index is 0.211. The normalized spacial score (nSPS) is 22.5. The van der Waals surface area contributed by atoms with Gasteiger partial charge >= 0.3 is 0 Å². The van der Waals surface area contributed by atoms with Gasteiger partial charge in [0.05, 0.1) is 5.75 Å². The number of benzene rings is 1. The highest BCUT2D eigenvalue weighted by Crippen LogP contribution is 2.35. The largest absolute Gasteiger partial charge is 0.411 e. The molecular formula is C21H27N3O2S. The van der Waals surface area contributed by atoms with E-state index in [-0.39, 0.29) is 5.91 Å². The maximum atomic E-state index is 12.8. The number of nitrogens with zero attached hydrogens (tertiary/aromatic N) is 3. The first-order valence-corrected chi connectivity index (χ1v) is 10.9. The predicted molar refractivity (Wildman–Crippen MR) is 107 cm³/mol. The molecule has 0 radical (unpaired) electrons. The quantitative estimate of drug-likeness (QED) is 0.718. The Morgan fingerprint density at radius 3 is 2.81 bits per heavy atom. The molecule has 0 N–H and O–H groups in total. The second-order valence-corrected chi connectivity index (χ2v) is 8.73. The Morgan fingerprint density at radius 1 is 1.15 bits per heavy atom. The second-order valence-electron chi connectivity index (χ2n) is 7.80. The Bertz CT molecular complexity index is 818. The number of rotatable bonds is 4. The molecule has 1 saturated carbocycles. The Hall–Kier alpha value is -1.82. The monoisotopic (exact) mass is 385 g/mol. The molecule has 1 aromatic heterocycles. The molecule has 2 heterocycles. The molecule has 1 aliphatic heterocycles. The zero-order valence-electron chi connectivity index (χ0n) is 16.1. The minimum atomic E-state index is 0.211. The van der Waals surface area contributed by atoms with E-state index in [0.29, 0.717) is 28.8 Å². The summed E-state index contributed by atoms with van der Waals surface area (Å²) in [6.07, 6.45) is 7.44. The molecule has 1 aromatic carbocycles. The van der Waals surface area contributed by atoms with Crippen molar-refractivity contribution in [2.24, 2.45) is 5.92 Å². The van der Waals surface area contributed by atoms with Crippen LogP contribution in [0.4, 0.5) is 0 Å². The first kappa shape index (κ1) is 18.5. The zero-order valence-corrected chi connectivity index (χ0v) is 16.9. The fraction of sp³-hybridized carbons (Fsp3) is 0.571. The summed E-state index contributed by atoms with van der Waals surface area (Å²) in [5.74, 6) is 1.81. The lowest BCUT2D eigenvalue weighted by Crippen LogP contribution is -2.50. The number of likely N-dealkylation sites (tertiary alicyclic amines) is 1. The number of carbonyl (C=O) groups excluding carboxylic acids is 1. The first-order valence-electron chi connectivity index (χ1n) is 9.95. The Morgan fingerprint density at radius 2 is 1.96 bits per heavy atom. The first-order chi connectivity index (χ1) is 13.1. The van der Waals surface area contributed by atoms with Crippen LogP contribution >= 0.6 is 11.8 Å². The topological polar surface area (TPSA) is 59.2 Å². The number of hydrogen-bond donors (Lipinski definition) is 0. The summed E-state index contributed by atoms with van der Waals surface area (Å²) in [4.78, 5) is 14.9. The van der Waals surface area contributed by atoms with Gasteiger partial charge in [-0.25, -0.2) is 0 Å². The molecular weight excluding hydrogens is 358 g/mol. The van der Waals surface area contributed by atoms with Gasteiger partial charge in [0.2, 0.25) is 11.8 Å². The van der Waals surface area contributed by atoms with Crippen molar-refractivity contribution >= 4 is 17.7 Å². The van der Waals surface area contributed by atoms with Gasteiger partial charge in [-0.15, -0.1) is 10.2 Å². The molecule has 0 bridgehead atoms. The van der Waals surface area contributed by atoms with E-state index < -0.39 is 0 Å². The van der Waals surface area contributed by atoms with Gasteiger partial charge < -0.3 is 9.32 Å². The summed E-state index contributed by atoms with van der Waals surface area (Å²) in [5.41, 5.74) is 3.35. The van der Waals surface area contributed by atoms with E-state index >= 15 is 0 Å². The number of carbonyl (C=O) groups is 1. The van der Waals surface area contributed by atoms with Crippen LogP contribution in [-0.4, -0.2) is 39.3 Å². The highest BCUT2D eigenvalue weighted by molar-refractivity contribution is 7.99. The summed E-state index contributed by atoms with van der Waals surface area (Å²) < 4.78 is 5.78. The molecule has 1 aliphatic carbocycles. The summed E-state index contributed by atoms with van der Waals surface area (Å²) in [6, 6.07) is 6.56. The van der Waals surface area contributed by atoms with Gasteiger partial charge in [-0.1, -0.05) is 30.7 Å². The van der Waals surface area contributed by atoms with Crippen molar-refractivity contribution in [3.63, 3.8) is 0 Å². The third-order valence-electron chi connectivity index (χ3n) is 6.04. The fourth-order valence-electron chi connectivity index (χ4n) is 4.40. The molecule has 2 atom stereocenters. The number of piperidine rings is 1. The highest BCUT2D eigenvalue weighted by atomic mass is 32.2. The average Bonchev–Trinajstić information content (AvgIpc) is 3.17. The van der Waals surface area contributed by atoms with Crippen LogP contribution in [-0.2, 0) is 4.79 Å². The van der Waals surface area contributed by atoms with Gasteiger partial charge in [0.1, 0.15) is 0 Å². The van der Waals surface area contributed by atoms with E-state index in [1.807, 2.05) is 6.07 Å². The van der Waals surface area contributed by atoms with Gasteiger partial charge in [-0.3, -0.25) is 4.79 Å². The van der Waals surface area contributed by atoms with Gasteiger partial charge in [-0.05, 0) is 68.7 Å². The van der Waals surface area contributed by atoms with Gasteiger partial charge in [-0.2, -0.15) is 0 Å². The molecule has 2 aromatic rings. The van der Waals surface area contributed by atoms with Gasteiger partial charge in [0, 0.05) is 18.2 Å². The molecule has 2 aliphatic rings. The van der Waals surface area contributed by atoms with E-state index in [4.69, 9.17) is 4.42 Å². The highest BCUT2D eigenvalue weighted by Gasteiger charge is 2.35. The molecule has 2 fully saturated rings. The van der Waals surface area contributed by atoms with Gasteiger partial charge in [0.25, 0.3) is 5.22 Å². The van der Waals surface area contributed by atoms with Crippen LogP contribution in [0.3, 0.4) is 0 Å². The van der Waals surface area contributed by atoms with Crippen molar-refractivity contribution in [3.05, 3.63) is 29.3 Å². The lowest BCUT2D eigenvalue weighted by molar-refractivity contribution is -0.134. The van der Waals surface area contributed by atoms with Gasteiger partial charge in [0.15, 0.2) is 0 Å². The zero-order chi connectivity index (χ0) is 18.8. The standard InChI is InChI=1S/C21H27N3O2S/c1-14-9-10-17(12-15(14)2)20-22-23-21(26-20)27-13-19(25)24-11-5-7-16-6-3-4-8-18(16)24/h9-10,12,16,18H,3-8,11,13H2,1-2H3/t16-,18+/m1/s1. The molecule has 6 heteroatoms. The number of aryl methyl sites for hydroxylation is 2. The number of fused-ring (bicyclic) bond motifs is 1. The van der Waals surface area contributed by atoms with E-state index in [0.717, 1.165) is 18.5 Å². The van der Waals surface area contributed by atoms with Crippen LogP contribution in [0.25, 0.3) is 11.5 Å². The summed E-state index contributed by atoms with van der Waals surface area (Å²) in [6.45, 7) is 5.05. The van der Waals surface area contributed by atoms with Crippen LogP contribution in [0.5, 0.6) is 0 Å². The molecule has 0 spiro atoms. The summed E-state index contributed by atoms with van der Waals surface area (Å²) in [7, 11) is 0. The average molecular weight is 386 g/mol. The lowest BCUT2D eigenvalue weighted by Gasteiger charge is -2.44. The molecule has 5 nitrogen and oxygen atoms in total. The molecule has 1 saturated heterocycles. The lowest BCUT2D eigenvalue weighted by atomic mass is 9.78. The minimum Gasteiger partial charge on any atom is -0.411 e. The van der Waals surface area contributed by atoms with E-state index in [2.05, 4.69) is 41.1 Å².